The third-order valence-corrected chi connectivity index (χ3v) is 6.79. The molecular formula is C21H33N3OS. The molecule has 0 spiro atoms. The summed E-state index contributed by atoms with van der Waals surface area (Å²) in [5.74, 6) is 2.70. The van der Waals surface area contributed by atoms with E-state index < -0.39 is 0 Å². The van der Waals surface area contributed by atoms with E-state index >= 15 is 0 Å². The minimum atomic E-state index is -0.196. The van der Waals surface area contributed by atoms with E-state index in [1.165, 1.54) is 43.4 Å². The molecule has 1 unspecified atom stereocenters. The fourth-order valence-electron chi connectivity index (χ4n) is 3.98. The van der Waals surface area contributed by atoms with Gasteiger partial charge in [0.05, 0.1) is 11.8 Å². The zero-order valence-corrected chi connectivity index (χ0v) is 16.8. The molecule has 3 N–H and O–H groups in total. The summed E-state index contributed by atoms with van der Waals surface area (Å²) >= 11 is 2.02. The molecule has 2 aliphatic rings. The second-order valence-electron chi connectivity index (χ2n) is 7.67. The molecule has 1 aromatic heterocycles. The van der Waals surface area contributed by atoms with Gasteiger partial charge in [-0.2, -0.15) is 11.8 Å². The predicted molar refractivity (Wildman–Crippen MR) is 112 cm³/mol. The molecule has 26 heavy (non-hydrogen) atoms. The molecule has 0 amide bonds. The Morgan fingerprint density at radius 3 is 2.96 bits per heavy atom. The van der Waals surface area contributed by atoms with Gasteiger partial charge in [-0.25, -0.2) is 0 Å². The summed E-state index contributed by atoms with van der Waals surface area (Å²) in [6.07, 6.45) is 11.4. The number of unbranched alkanes of at least 4 members (excludes halogenated alkanes) is 4. The van der Waals surface area contributed by atoms with Crippen LogP contribution < -0.4 is 5.73 Å². The van der Waals surface area contributed by atoms with Crippen molar-refractivity contribution in [3.05, 3.63) is 29.6 Å². The first kappa shape index (κ1) is 19.7. The normalized spacial score (nSPS) is 22.6. The average Bonchev–Trinajstić information content (AvgIpc) is 3.19. The van der Waals surface area contributed by atoms with E-state index in [0.29, 0.717) is 5.92 Å². The van der Waals surface area contributed by atoms with Gasteiger partial charge in [0.2, 0.25) is 0 Å². The van der Waals surface area contributed by atoms with Crippen molar-refractivity contribution in [1.82, 2.24) is 9.88 Å². The molecule has 144 valence electrons. The molecule has 1 aliphatic carbocycles. The smallest absolute Gasteiger partial charge is 0.0727 e. The molecule has 1 aromatic rings. The van der Waals surface area contributed by atoms with Crippen molar-refractivity contribution in [1.29, 1.82) is 0 Å². The molecule has 3 rings (SSSR count). The summed E-state index contributed by atoms with van der Waals surface area (Å²) in [6.45, 7) is 4.89. The lowest BCUT2D eigenvalue weighted by atomic mass is 10.1. The first-order chi connectivity index (χ1) is 12.7. The van der Waals surface area contributed by atoms with Gasteiger partial charge in [-0.15, -0.1) is 0 Å². The second-order valence-corrected chi connectivity index (χ2v) is 8.82. The number of hydrogen-bond donors (Lipinski definition) is 2. The topological polar surface area (TPSA) is 62.4 Å². The van der Waals surface area contributed by atoms with Crippen LogP contribution in [0.5, 0.6) is 0 Å². The largest absolute Gasteiger partial charge is 0.398 e. The van der Waals surface area contributed by atoms with E-state index in [9.17, 15) is 5.11 Å². The predicted octanol–water partition coefficient (Wildman–Crippen LogP) is 3.60. The first-order valence-electron chi connectivity index (χ1n) is 10.1. The highest BCUT2D eigenvalue weighted by molar-refractivity contribution is 7.99. The van der Waals surface area contributed by atoms with Gasteiger partial charge in [0.25, 0.3) is 0 Å². The lowest BCUT2D eigenvalue weighted by molar-refractivity contribution is 0.151. The zero-order valence-electron chi connectivity index (χ0n) is 16.0. The van der Waals surface area contributed by atoms with Crippen LogP contribution in [0.4, 0.5) is 5.69 Å². The van der Waals surface area contributed by atoms with Crippen molar-refractivity contribution in [2.75, 3.05) is 36.9 Å². The zero-order chi connectivity index (χ0) is 18.4. The van der Waals surface area contributed by atoms with E-state index in [1.54, 1.807) is 6.20 Å². The molecule has 0 saturated carbocycles. The molecule has 0 radical (unpaired) electrons. The first-order valence-corrected chi connectivity index (χ1v) is 11.3. The number of allylic oxidation sites excluding steroid dienone is 1. The molecule has 4 nitrogen and oxygen atoms in total. The van der Waals surface area contributed by atoms with E-state index in [-0.39, 0.29) is 6.10 Å². The summed E-state index contributed by atoms with van der Waals surface area (Å²) in [7, 11) is 0. The molecule has 0 bridgehead atoms. The number of nitrogens with zero attached hydrogens (tertiary/aromatic N) is 2. The van der Waals surface area contributed by atoms with Crippen LogP contribution in [-0.4, -0.2) is 52.2 Å². The maximum atomic E-state index is 10.4. The summed E-state index contributed by atoms with van der Waals surface area (Å²) < 4.78 is 0. The Labute approximate surface area is 162 Å². The van der Waals surface area contributed by atoms with Crippen LogP contribution in [-0.2, 0) is 6.42 Å². The van der Waals surface area contributed by atoms with Gasteiger partial charge >= 0.3 is 0 Å². The SMILES string of the molecule is CCCCCCCSC[C@H]1CN(CC2=CCc3c(N)ccnc32)CC1O. The lowest BCUT2D eigenvalue weighted by Gasteiger charge is -2.17. The highest BCUT2D eigenvalue weighted by atomic mass is 32.2. The van der Waals surface area contributed by atoms with E-state index in [0.717, 1.165) is 48.8 Å². The number of thioether (sulfide) groups is 1. The summed E-state index contributed by atoms with van der Waals surface area (Å²) in [5.41, 5.74) is 10.4. The number of nitrogens with two attached hydrogens (primary N) is 1. The minimum absolute atomic E-state index is 0.196. The number of aromatic nitrogens is 1. The molecule has 0 aromatic carbocycles. The minimum Gasteiger partial charge on any atom is -0.398 e. The fraction of sp³-hybridized carbons (Fsp3) is 0.667. The van der Waals surface area contributed by atoms with E-state index in [4.69, 9.17) is 5.73 Å². The van der Waals surface area contributed by atoms with Gasteiger partial charge in [-0.05, 0) is 36.0 Å². The van der Waals surface area contributed by atoms with Crippen LogP contribution in [0, 0.1) is 5.92 Å². The highest BCUT2D eigenvalue weighted by Crippen LogP contribution is 2.31. The van der Waals surface area contributed by atoms with Crippen LogP contribution in [0.25, 0.3) is 5.57 Å². The molecular weight excluding hydrogens is 342 g/mol. The number of hydrogen-bond acceptors (Lipinski definition) is 5. The third-order valence-electron chi connectivity index (χ3n) is 5.55. The number of anilines is 1. The summed E-state index contributed by atoms with van der Waals surface area (Å²) in [5, 5.41) is 10.4. The Bertz CT molecular complexity index is 619. The average molecular weight is 376 g/mol. The monoisotopic (exact) mass is 375 g/mol. The number of pyridine rings is 1. The highest BCUT2D eigenvalue weighted by Gasteiger charge is 2.32. The number of rotatable bonds is 10. The Balaban J connectivity index is 1.40. The maximum Gasteiger partial charge on any atom is 0.0727 e. The molecule has 2 atom stereocenters. The van der Waals surface area contributed by atoms with Crippen LogP contribution in [0.15, 0.2) is 18.3 Å². The van der Waals surface area contributed by atoms with E-state index in [1.807, 2.05) is 17.8 Å². The molecule has 2 heterocycles. The number of aliphatic hydroxyl groups excluding tert-OH is 1. The van der Waals surface area contributed by atoms with Gasteiger partial charge in [0, 0.05) is 43.0 Å². The molecule has 5 heteroatoms. The molecule has 1 aliphatic heterocycles. The van der Waals surface area contributed by atoms with Crippen molar-refractivity contribution >= 4 is 23.0 Å². The van der Waals surface area contributed by atoms with Crippen LogP contribution >= 0.6 is 11.8 Å². The van der Waals surface area contributed by atoms with Crippen molar-refractivity contribution in [3.63, 3.8) is 0 Å². The quantitative estimate of drug-likeness (QED) is 0.612. The fourth-order valence-corrected chi connectivity index (χ4v) is 5.18. The number of aliphatic hydroxyl groups is 1. The molecule has 1 fully saturated rings. The molecule has 1 saturated heterocycles. The Morgan fingerprint density at radius 2 is 2.12 bits per heavy atom. The van der Waals surface area contributed by atoms with Crippen molar-refractivity contribution in [2.24, 2.45) is 5.92 Å². The van der Waals surface area contributed by atoms with Gasteiger partial charge < -0.3 is 10.8 Å². The Morgan fingerprint density at radius 1 is 1.27 bits per heavy atom. The lowest BCUT2D eigenvalue weighted by Crippen LogP contribution is -2.24. The van der Waals surface area contributed by atoms with Gasteiger partial charge in [-0.1, -0.05) is 38.7 Å². The summed E-state index contributed by atoms with van der Waals surface area (Å²) in [6, 6.07) is 1.88. The Hall–Kier alpha value is -1.04. The van der Waals surface area contributed by atoms with E-state index in [2.05, 4.69) is 22.9 Å². The second kappa shape index (κ2) is 9.77. The van der Waals surface area contributed by atoms with Crippen molar-refractivity contribution < 1.29 is 5.11 Å². The van der Waals surface area contributed by atoms with Gasteiger partial charge in [0.1, 0.15) is 0 Å². The Kier molecular flexibility index (Phi) is 7.41. The number of fused-ring (bicyclic) bond motifs is 1. The van der Waals surface area contributed by atoms with Gasteiger partial charge in [-0.3, -0.25) is 9.88 Å². The number of likely N-dealkylation sites (tertiary alicyclic amines) is 1. The van der Waals surface area contributed by atoms with Crippen LogP contribution in [0.2, 0.25) is 0 Å². The third kappa shape index (κ3) is 5.02. The maximum absolute atomic E-state index is 10.4. The summed E-state index contributed by atoms with van der Waals surface area (Å²) in [4.78, 5) is 6.91. The van der Waals surface area contributed by atoms with Gasteiger partial charge in [0.15, 0.2) is 0 Å². The number of β-amino-alcohol motifs (C(OH)–C–C–N with tert-alkyl or cyclic N) is 1. The van der Waals surface area contributed by atoms with Crippen LogP contribution in [0.1, 0.15) is 50.3 Å². The van der Waals surface area contributed by atoms with Crippen molar-refractivity contribution in [3.8, 4) is 0 Å². The van der Waals surface area contributed by atoms with Crippen LogP contribution in [0.3, 0.4) is 0 Å². The standard InChI is InChI=1S/C21H33N3OS/c1-2-3-4-5-6-11-26-15-17-13-24(14-20(17)25)12-16-7-8-18-19(22)9-10-23-21(16)18/h7,9-10,17,20,25H,2-6,8,11-15H2,1H3,(H2,22,23)/t17-,20?/m1/s1. The number of nitrogen functional groups attached to an aromatic ring is 1. The van der Waals surface area contributed by atoms with Crippen molar-refractivity contribution in [2.45, 2.75) is 51.6 Å².